The number of carbonyl (C=O) groups excluding carboxylic acids is 1. The molecule has 0 radical (unpaired) electrons. The van der Waals surface area contributed by atoms with Gasteiger partial charge >= 0.3 is 6.09 Å². The third-order valence-corrected chi connectivity index (χ3v) is 2.88. The summed E-state index contributed by atoms with van der Waals surface area (Å²) in [5.41, 5.74) is 0. The Labute approximate surface area is 102 Å². The standard InChI is InChI=1S/C11H13BrN2O2/c12-8-2-1-3-10(6-8)16-11(15)14-9-4-5-13-7-9/h1-3,6,9,13H,4-5,7H2,(H,14,15). The second-order valence-electron chi connectivity index (χ2n) is 3.68. The summed E-state index contributed by atoms with van der Waals surface area (Å²) in [5, 5.41) is 5.98. The van der Waals surface area contributed by atoms with Gasteiger partial charge in [0, 0.05) is 17.1 Å². The molecule has 4 nitrogen and oxygen atoms in total. The largest absolute Gasteiger partial charge is 0.412 e. The molecule has 1 aliphatic rings. The van der Waals surface area contributed by atoms with E-state index in [1.165, 1.54) is 0 Å². The van der Waals surface area contributed by atoms with Crippen molar-refractivity contribution in [2.75, 3.05) is 13.1 Å². The second-order valence-corrected chi connectivity index (χ2v) is 4.60. The van der Waals surface area contributed by atoms with Gasteiger partial charge in [-0.3, -0.25) is 0 Å². The summed E-state index contributed by atoms with van der Waals surface area (Å²) >= 11 is 3.32. The van der Waals surface area contributed by atoms with E-state index in [0.29, 0.717) is 5.75 Å². The third-order valence-electron chi connectivity index (χ3n) is 2.39. The van der Waals surface area contributed by atoms with Gasteiger partial charge in [0.2, 0.25) is 0 Å². The number of nitrogens with one attached hydrogen (secondary N) is 2. The van der Waals surface area contributed by atoms with Gasteiger partial charge in [-0.1, -0.05) is 22.0 Å². The van der Waals surface area contributed by atoms with Crippen molar-refractivity contribution in [3.63, 3.8) is 0 Å². The van der Waals surface area contributed by atoms with Gasteiger partial charge in [-0.15, -0.1) is 0 Å². The molecule has 2 N–H and O–H groups in total. The van der Waals surface area contributed by atoms with E-state index in [4.69, 9.17) is 4.74 Å². The van der Waals surface area contributed by atoms with Crippen LogP contribution in [0.2, 0.25) is 0 Å². The first-order chi connectivity index (χ1) is 7.74. The molecule has 0 bridgehead atoms. The molecular formula is C11H13BrN2O2. The first kappa shape index (κ1) is 11.4. The summed E-state index contributed by atoms with van der Waals surface area (Å²) in [6, 6.07) is 7.39. The molecule has 16 heavy (non-hydrogen) atoms. The minimum absolute atomic E-state index is 0.180. The lowest BCUT2D eigenvalue weighted by Gasteiger charge is -2.11. The molecule has 0 spiro atoms. The molecule has 0 aromatic heterocycles. The SMILES string of the molecule is O=C(NC1CCNC1)Oc1cccc(Br)c1. The molecule has 1 aliphatic heterocycles. The first-order valence-corrected chi connectivity index (χ1v) is 5.98. The van der Waals surface area contributed by atoms with Crippen molar-refractivity contribution in [1.82, 2.24) is 10.6 Å². The van der Waals surface area contributed by atoms with Crippen LogP contribution in [0.5, 0.6) is 5.75 Å². The molecule has 1 unspecified atom stereocenters. The second kappa shape index (κ2) is 5.32. The van der Waals surface area contributed by atoms with Crippen molar-refractivity contribution in [3.05, 3.63) is 28.7 Å². The highest BCUT2D eigenvalue weighted by Gasteiger charge is 2.17. The Morgan fingerprint density at radius 1 is 1.56 bits per heavy atom. The quantitative estimate of drug-likeness (QED) is 0.872. The molecule has 0 saturated carbocycles. The predicted octanol–water partition coefficient (Wildman–Crippen LogP) is 1.90. The van der Waals surface area contributed by atoms with E-state index in [0.717, 1.165) is 24.0 Å². The van der Waals surface area contributed by atoms with Crippen molar-refractivity contribution in [1.29, 1.82) is 0 Å². The van der Waals surface area contributed by atoms with Crippen molar-refractivity contribution in [3.8, 4) is 5.75 Å². The molecule has 1 atom stereocenters. The average molecular weight is 285 g/mol. The van der Waals surface area contributed by atoms with Gasteiger partial charge in [-0.05, 0) is 31.2 Å². The lowest BCUT2D eigenvalue weighted by atomic mass is 10.3. The Kier molecular flexibility index (Phi) is 3.79. The monoisotopic (exact) mass is 284 g/mol. The summed E-state index contributed by atoms with van der Waals surface area (Å²) in [6.07, 6.45) is 0.555. The summed E-state index contributed by atoms with van der Waals surface area (Å²) in [4.78, 5) is 11.5. The van der Waals surface area contributed by atoms with Crippen LogP contribution in [0.15, 0.2) is 28.7 Å². The molecule has 1 aromatic carbocycles. The fraction of sp³-hybridized carbons (Fsp3) is 0.364. The molecule has 1 amide bonds. The number of amides is 1. The van der Waals surface area contributed by atoms with Gasteiger partial charge in [-0.2, -0.15) is 0 Å². The summed E-state index contributed by atoms with van der Waals surface area (Å²) in [5.74, 6) is 0.540. The molecule has 5 heteroatoms. The Bertz CT molecular complexity index is 378. The zero-order chi connectivity index (χ0) is 11.4. The van der Waals surface area contributed by atoms with Crippen LogP contribution in [-0.4, -0.2) is 25.2 Å². The highest BCUT2D eigenvalue weighted by atomic mass is 79.9. The van der Waals surface area contributed by atoms with Gasteiger partial charge in [0.15, 0.2) is 0 Å². The fourth-order valence-corrected chi connectivity index (χ4v) is 1.99. The first-order valence-electron chi connectivity index (χ1n) is 5.19. The molecule has 86 valence electrons. The number of carbonyl (C=O) groups is 1. The Morgan fingerprint density at radius 2 is 2.44 bits per heavy atom. The number of hydrogen-bond donors (Lipinski definition) is 2. The lowest BCUT2D eigenvalue weighted by Crippen LogP contribution is -2.38. The molecule has 1 saturated heterocycles. The van der Waals surface area contributed by atoms with Crippen LogP contribution in [0, 0.1) is 0 Å². The van der Waals surface area contributed by atoms with Crippen LogP contribution >= 0.6 is 15.9 Å². The highest BCUT2D eigenvalue weighted by Crippen LogP contribution is 2.17. The van der Waals surface area contributed by atoms with Crippen molar-refractivity contribution in [2.45, 2.75) is 12.5 Å². The number of halogens is 1. The van der Waals surface area contributed by atoms with Crippen LogP contribution < -0.4 is 15.4 Å². The molecular weight excluding hydrogens is 272 g/mol. The van der Waals surface area contributed by atoms with Crippen molar-refractivity contribution >= 4 is 22.0 Å². The molecule has 0 aliphatic carbocycles. The normalized spacial score (nSPS) is 19.4. The predicted molar refractivity (Wildman–Crippen MR) is 64.6 cm³/mol. The van der Waals surface area contributed by atoms with Crippen LogP contribution in [0.1, 0.15) is 6.42 Å². The number of rotatable bonds is 2. The maximum atomic E-state index is 11.5. The molecule has 2 rings (SSSR count). The van der Waals surface area contributed by atoms with Crippen LogP contribution in [-0.2, 0) is 0 Å². The fourth-order valence-electron chi connectivity index (χ4n) is 1.61. The van der Waals surface area contributed by atoms with E-state index in [1.54, 1.807) is 12.1 Å². The number of hydrogen-bond acceptors (Lipinski definition) is 3. The topological polar surface area (TPSA) is 50.4 Å². The smallest absolute Gasteiger partial charge is 0.410 e. The molecule has 1 aromatic rings. The maximum absolute atomic E-state index is 11.5. The van der Waals surface area contributed by atoms with E-state index >= 15 is 0 Å². The van der Waals surface area contributed by atoms with Gasteiger partial charge in [0.05, 0.1) is 0 Å². The van der Waals surface area contributed by atoms with Gasteiger partial charge in [0.25, 0.3) is 0 Å². The summed E-state index contributed by atoms with van der Waals surface area (Å²) in [7, 11) is 0. The summed E-state index contributed by atoms with van der Waals surface area (Å²) in [6.45, 7) is 1.76. The Balaban J connectivity index is 1.86. The van der Waals surface area contributed by atoms with Gasteiger partial charge in [-0.25, -0.2) is 4.79 Å². The minimum Gasteiger partial charge on any atom is -0.410 e. The van der Waals surface area contributed by atoms with E-state index in [9.17, 15) is 4.79 Å². The van der Waals surface area contributed by atoms with E-state index in [-0.39, 0.29) is 6.04 Å². The highest BCUT2D eigenvalue weighted by molar-refractivity contribution is 9.10. The summed E-state index contributed by atoms with van der Waals surface area (Å²) < 4.78 is 6.04. The zero-order valence-electron chi connectivity index (χ0n) is 8.70. The van der Waals surface area contributed by atoms with Crippen LogP contribution in [0.3, 0.4) is 0 Å². The Morgan fingerprint density at radius 3 is 3.12 bits per heavy atom. The van der Waals surface area contributed by atoms with Crippen LogP contribution in [0.4, 0.5) is 4.79 Å². The van der Waals surface area contributed by atoms with E-state index in [1.807, 2.05) is 12.1 Å². The zero-order valence-corrected chi connectivity index (χ0v) is 10.3. The maximum Gasteiger partial charge on any atom is 0.412 e. The third kappa shape index (κ3) is 3.21. The van der Waals surface area contributed by atoms with E-state index in [2.05, 4.69) is 26.6 Å². The van der Waals surface area contributed by atoms with E-state index < -0.39 is 6.09 Å². The number of ether oxygens (including phenoxy) is 1. The van der Waals surface area contributed by atoms with Gasteiger partial charge in [0.1, 0.15) is 5.75 Å². The Hall–Kier alpha value is -1.07. The van der Waals surface area contributed by atoms with Gasteiger partial charge < -0.3 is 15.4 Å². The van der Waals surface area contributed by atoms with Crippen molar-refractivity contribution < 1.29 is 9.53 Å². The lowest BCUT2D eigenvalue weighted by molar-refractivity contribution is 0.197. The van der Waals surface area contributed by atoms with Crippen molar-refractivity contribution in [2.24, 2.45) is 0 Å². The molecule has 1 fully saturated rings. The number of benzene rings is 1. The van der Waals surface area contributed by atoms with Crippen LogP contribution in [0.25, 0.3) is 0 Å². The average Bonchev–Trinajstić information content (AvgIpc) is 2.70. The molecule has 1 heterocycles. The minimum atomic E-state index is -0.396.